The van der Waals surface area contributed by atoms with E-state index < -0.39 is 5.60 Å². The Balaban J connectivity index is 0.000000186. The van der Waals surface area contributed by atoms with Gasteiger partial charge in [0.25, 0.3) is 0 Å². The number of carbonyl (C=O) groups is 1. The van der Waals surface area contributed by atoms with Crippen molar-refractivity contribution in [3.8, 4) is 0 Å². The highest BCUT2D eigenvalue weighted by atomic mass is 35.5. The Morgan fingerprint density at radius 1 is 0.756 bits per heavy atom. The smallest absolute Gasteiger partial charge is 0.410 e. The van der Waals surface area contributed by atoms with Crippen LogP contribution in [0.5, 0.6) is 0 Å². The van der Waals surface area contributed by atoms with E-state index in [1.54, 1.807) is 0 Å². The first-order valence-corrected chi connectivity index (χ1v) is 17.7. The van der Waals surface area contributed by atoms with Crippen LogP contribution in [0.2, 0.25) is 10.0 Å². The molecular formula is C37H54Cl2N4O2. The highest BCUT2D eigenvalue weighted by Crippen LogP contribution is 2.42. The van der Waals surface area contributed by atoms with Crippen LogP contribution in [0.15, 0.2) is 36.4 Å². The molecule has 4 fully saturated rings. The molecule has 4 heterocycles. The molecule has 6 nitrogen and oxygen atoms in total. The van der Waals surface area contributed by atoms with Gasteiger partial charge in [-0.05, 0) is 157 Å². The highest BCUT2D eigenvalue weighted by Gasteiger charge is 2.42. The molecule has 6 rings (SSSR count). The van der Waals surface area contributed by atoms with Crippen LogP contribution in [0.4, 0.5) is 4.79 Å². The van der Waals surface area contributed by atoms with Gasteiger partial charge in [0.2, 0.25) is 0 Å². The van der Waals surface area contributed by atoms with Crippen LogP contribution in [0.3, 0.4) is 0 Å². The van der Waals surface area contributed by atoms with Crippen molar-refractivity contribution in [2.75, 3.05) is 52.4 Å². The average Bonchev–Trinajstić information content (AvgIpc) is 3.56. The minimum Gasteiger partial charge on any atom is -0.444 e. The molecule has 4 aliphatic heterocycles. The van der Waals surface area contributed by atoms with E-state index in [4.69, 9.17) is 27.9 Å². The van der Waals surface area contributed by atoms with Crippen LogP contribution in [0.1, 0.15) is 81.5 Å². The molecule has 1 amide bonds. The van der Waals surface area contributed by atoms with Gasteiger partial charge in [0, 0.05) is 49.3 Å². The van der Waals surface area contributed by atoms with Crippen LogP contribution >= 0.6 is 23.2 Å². The first-order valence-electron chi connectivity index (χ1n) is 17.0. The SMILES string of the molecule is Cc1ccc(Cl)cc1CN1CCC2(CCN(C(=O)OC(C)(C)C)CC2)C1.Cc1ccc(Cl)cc1CN1CCC2(CCNCC2)C1. The number of ether oxygens (including phenoxy) is 1. The van der Waals surface area contributed by atoms with Gasteiger partial charge in [0.15, 0.2) is 0 Å². The van der Waals surface area contributed by atoms with Crippen molar-refractivity contribution in [1.82, 2.24) is 20.0 Å². The van der Waals surface area contributed by atoms with Gasteiger partial charge in [-0.25, -0.2) is 4.79 Å². The molecule has 248 valence electrons. The number of aryl methyl sites for hydroxylation is 2. The number of likely N-dealkylation sites (tertiary alicyclic amines) is 3. The number of halogens is 2. The monoisotopic (exact) mass is 656 g/mol. The molecule has 0 aromatic heterocycles. The minimum absolute atomic E-state index is 0.170. The fraction of sp³-hybridized carbons (Fsp3) is 0.649. The number of nitrogens with zero attached hydrogens (tertiary/aromatic N) is 3. The van der Waals surface area contributed by atoms with Gasteiger partial charge < -0.3 is 15.0 Å². The van der Waals surface area contributed by atoms with Crippen LogP contribution in [0.25, 0.3) is 0 Å². The second-order valence-electron chi connectivity index (χ2n) is 15.3. The maximum atomic E-state index is 12.3. The van der Waals surface area contributed by atoms with Crippen LogP contribution < -0.4 is 5.32 Å². The summed E-state index contributed by atoms with van der Waals surface area (Å²) in [6.07, 6.45) is 7.24. The van der Waals surface area contributed by atoms with E-state index in [1.165, 1.54) is 74.1 Å². The van der Waals surface area contributed by atoms with E-state index in [9.17, 15) is 4.79 Å². The number of piperidine rings is 2. The summed E-state index contributed by atoms with van der Waals surface area (Å²) in [6, 6.07) is 12.4. The van der Waals surface area contributed by atoms with Gasteiger partial charge in [-0.3, -0.25) is 9.80 Å². The summed E-state index contributed by atoms with van der Waals surface area (Å²) in [5, 5.41) is 5.15. The summed E-state index contributed by atoms with van der Waals surface area (Å²) >= 11 is 12.3. The lowest BCUT2D eigenvalue weighted by molar-refractivity contribution is 0.0109. The lowest BCUT2D eigenvalue weighted by Crippen LogP contribution is -2.46. The van der Waals surface area contributed by atoms with E-state index in [2.05, 4.69) is 53.2 Å². The van der Waals surface area contributed by atoms with E-state index in [1.807, 2.05) is 37.8 Å². The van der Waals surface area contributed by atoms with Crippen molar-refractivity contribution in [1.29, 1.82) is 0 Å². The molecule has 2 spiro atoms. The Hall–Kier alpha value is -1.83. The standard InChI is InChI=1S/C21H31ClN2O2.C16H23ClN2/c1-16-5-6-18(22)13-17(16)14-23-10-7-21(15-23)8-11-24(12-9-21)19(25)26-20(2,3)4;1-13-2-3-15(17)10-14(13)11-19-9-6-16(12-19)4-7-18-8-5-16/h5-6,13H,7-12,14-15H2,1-4H3;2-3,10,18H,4-9,11-12H2,1H3. The van der Waals surface area contributed by atoms with E-state index >= 15 is 0 Å². The normalized spacial score (nSPS) is 21.6. The maximum Gasteiger partial charge on any atom is 0.410 e. The number of rotatable bonds is 4. The van der Waals surface area contributed by atoms with E-state index in [0.717, 1.165) is 62.2 Å². The fourth-order valence-corrected chi connectivity index (χ4v) is 8.08. The molecule has 0 saturated carbocycles. The second kappa shape index (κ2) is 14.5. The average molecular weight is 658 g/mol. The number of nitrogens with one attached hydrogen (secondary N) is 1. The Kier molecular flexibility index (Phi) is 11.1. The molecule has 8 heteroatoms. The fourth-order valence-electron chi connectivity index (χ4n) is 7.69. The van der Waals surface area contributed by atoms with Crippen molar-refractivity contribution in [2.45, 2.75) is 91.8 Å². The molecule has 4 saturated heterocycles. The van der Waals surface area contributed by atoms with Gasteiger partial charge in [-0.15, -0.1) is 0 Å². The van der Waals surface area contributed by atoms with Crippen molar-refractivity contribution in [3.05, 3.63) is 68.7 Å². The molecule has 1 N–H and O–H groups in total. The summed E-state index contributed by atoms with van der Waals surface area (Å²) < 4.78 is 5.52. The minimum atomic E-state index is -0.425. The van der Waals surface area contributed by atoms with Crippen LogP contribution in [0, 0.1) is 24.7 Å². The molecule has 0 aliphatic carbocycles. The highest BCUT2D eigenvalue weighted by molar-refractivity contribution is 6.30. The largest absolute Gasteiger partial charge is 0.444 e. The third-order valence-electron chi connectivity index (χ3n) is 10.6. The number of benzene rings is 2. The summed E-state index contributed by atoms with van der Waals surface area (Å²) in [4.78, 5) is 19.3. The van der Waals surface area contributed by atoms with Crippen molar-refractivity contribution in [3.63, 3.8) is 0 Å². The first-order chi connectivity index (χ1) is 21.3. The van der Waals surface area contributed by atoms with E-state index in [0.29, 0.717) is 10.8 Å². The molecule has 0 atom stereocenters. The van der Waals surface area contributed by atoms with Crippen molar-refractivity contribution in [2.24, 2.45) is 10.8 Å². The van der Waals surface area contributed by atoms with E-state index in [-0.39, 0.29) is 6.09 Å². The van der Waals surface area contributed by atoms with Crippen LogP contribution in [-0.4, -0.2) is 78.8 Å². The topological polar surface area (TPSA) is 48.1 Å². The lowest BCUT2D eigenvalue weighted by Gasteiger charge is -2.39. The van der Waals surface area contributed by atoms with Gasteiger partial charge >= 0.3 is 6.09 Å². The molecule has 45 heavy (non-hydrogen) atoms. The molecular weight excluding hydrogens is 603 g/mol. The molecule has 4 aliphatic rings. The van der Waals surface area contributed by atoms with Crippen LogP contribution in [-0.2, 0) is 17.8 Å². The number of amides is 1. The van der Waals surface area contributed by atoms with Gasteiger partial charge in [0.05, 0.1) is 0 Å². The summed E-state index contributed by atoms with van der Waals surface area (Å²) in [6.45, 7) is 20.9. The Labute approximate surface area is 281 Å². The summed E-state index contributed by atoms with van der Waals surface area (Å²) in [7, 11) is 0. The predicted molar refractivity (Wildman–Crippen MR) is 186 cm³/mol. The van der Waals surface area contributed by atoms with Crippen molar-refractivity contribution < 1.29 is 9.53 Å². The first kappa shape index (κ1) is 34.5. The number of carbonyl (C=O) groups excluding carboxylic acids is 1. The zero-order valence-corrected chi connectivity index (χ0v) is 29.7. The number of hydrogen-bond acceptors (Lipinski definition) is 5. The molecule has 2 aromatic rings. The van der Waals surface area contributed by atoms with Gasteiger partial charge in [-0.2, -0.15) is 0 Å². The predicted octanol–water partition coefficient (Wildman–Crippen LogP) is 8.10. The Bertz CT molecular complexity index is 1310. The lowest BCUT2D eigenvalue weighted by atomic mass is 9.78. The summed E-state index contributed by atoms with van der Waals surface area (Å²) in [5.74, 6) is 0. The molecule has 0 radical (unpaired) electrons. The summed E-state index contributed by atoms with van der Waals surface area (Å²) in [5.41, 5.74) is 5.89. The van der Waals surface area contributed by atoms with Crippen molar-refractivity contribution >= 4 is 29.3 Å². The second-order valence-corrected chi connectivity index (χ2v) is 16.2. The molecule has 0 unspecified atom stereocenters. The number of hydrogen-bond donors (Lipinski definition) is 1. The Morgan fingerprint density at radius 3 is 1.67 bits per heavy atom. The maximum absolute atomic E-state index is 12.3. The zero-order valence-electron chi connectivity index (χ0n) is 28.2. The molecule has 2 aromatic carbocycles. The third kappa shape index (κ3) is 9.38. The quantitative estimate of drug-likeness (QED) is 0.360. The Morgan fingerprint density at radius 2 is 1.20 bits per heavy atom. The third-order valence-corrected chi connectivity index (χ3v) is 11.1. The van der Waals surface area contributed by atoms with Gasteiger partial charge in [0.1, 0.15) is 5.60 Å². The zero-order chi connectivity index (χ0) is 32.2. The van der Waals surface area contributed by atoms with Gasteiger partial charge in [-0.1, -0.05) is 35.3 Å². The molecule has 0 bridgehead atoms.